The second-order valence-electron chi connectivity index (χ2n) is 16.5. The van der Waals surface area contributed by atoms with E-state index in [0.29, 0.717) is 48.6 Å². The van der Waals surface area contributed by atoms with Gasteiger partial charge in [0.15, 0.2) is 0 Å². The minimum absolute atomic E-state index is 0.00249. The number of carbonyl (C=O) groups is 1. The van der Waals surface area contributed by atoms with Crippen molar-refractivity contribution in [3.8, 4) is 0 Å². The number of amides is 1. The molecule has 4 aromatic carbocycles. The number of thioether (sulfide) groups is 1. The fourth-order valence-corrected chi connectivity index (χ4v) is 10.3. The van der Waals surface area contributed by atoms with Gasteiger partial charge in [0, 0.05) is 65.2 Å². The van der Waals surface area contributed by atoms with Crippen LogP contribution in [-0.4, -0.2) is 83.4 Å². The number of nitrogens with one attached hydrogen (secondary N) is 4. The highest BCUT2D eigenvalue weighted by atomic mass is 35.5. The number of nitrogens with zero attached hydrogens (tertiary/aromatic N) is 1. The van der Waals surface area contributed by atoms with E-state index in [1.54, 1.807) is 12.1 Å². The lowest BCUT2D eigenvalue weighted by atomic mass is 9.72. The van der Waals surface area contributed by atoms with Crippen molar-refractivity contribution in [1.82, 2.24) is 14.9 Å². The van der Waals surface area contributed by atoms with E-state index in [2.05, 4.69) is 46.8 Å². The molecule has 336 valence electrons. The van der Waals surface area contributed by atoms with Crippen LogP contribution >= 0.6 is 35.0 Å². The second-order valence-corrected chi connectivity index (χ2v) is 22.4. The lowest BCUT2D eigenvalue weighted by molar-refractivity contribution is 0.0981. The highest BCUT2D eigenvalue weighted by Crippen LogP contribution is 2.43. The van der Waals surface area contributed by atoms with Crippen LogP contribution < -0.4 is 20.7 Å². The monoisotopic (exact) mass is 949 g/mol. The van der Waals surface area contributed by atoms with Crippen LogP contribution in [0.1, 0.15) is 69.3 Å². The van der Waals surface area contributed by atoms with E-state index in [9.17, 15) is 30.4 Å². The SMILES string of the molecule is CC(C)N(C)CC[C@H](CSc1ccccc1)Nc1ccc(S(=O)(=O)NC(=O)c2ccc(NCCNCC3=C(c4ccc(Cl)cc4)CC(C)(C)CC3)cc2)cc1S(=O)(=O)C(F)(F)Cl. The minimum Gasteiger partial charge on any atom is -0.384 e. The van der Waals surface area contributed by atoms with Crippen molar-refractivity contribution in [2.24, 2.45) is 5.41 Å². The molecule has 1 amide bonds. The maximum absolute atomic E-state index is 14.5. The molecule has 0 radical (unpaired) electrons. The zero-order chi connectivity index (χ0) is 45.3. The highest BCUT2D eigenvalue weighted by Gasteiger charge is 2.46. The fraction of sp³-hybridized carbons (Fsp3) is 0.400. The third-order valence-electron chi connectivity index (χ3n) is 10.8. The average Bonchev–Trinajstić information content (AvgIpc) is 3.22. The third kappa shape index (κ3) is 13.7. The van der Waals surface area contributed by atoms with Gasteiger partial charge < -0.3 is 20.9 Å². The number of sulfonamides is 1. The van der Waals surface area contributed by atoms with Crippen LogP contribution in [0.2, 0.25) is 5.02 Å². The zero-order valence-corrected chi connectivity index (χ0v) is 39.4. The van der Waals surface area contributed by atoms with Crippen molar-refractivity contribution in [3.63, 3.8) is 0 Å². The predicted octanol–water partition coefficient (Wildman–Crippen LogP) is 9.99. The largest absolute Gasteiger partial charge is 0.427 e. The first-order valence-corrected chi connectivity index (χ1v) is 25.0. The smallest absolute Gasteiger partial charge is 0.384 e. The van der Waals surface area contributed by atoms with Crippen molar-refractivity contribution in [3.05, 3.63) is 119 Å². The Morgan fingerprint density at radius 2 is 1.61 bits per heavy atom. The highest BCUT2D eigenvalue weighted by molar-refractivity contribution is 7.99. The topological polar surface area (TPSA) is 137 Å². The van der Waals surface area contributed by atoms with Gasteiger partial charge in [0.25, 0.3) is 25.8 Å². The van der Waals surface area contributed by atoms with Crippen molar-refractivity contribution in [1.29, 1.82) is 0 Å². The first-order chi connectivity index (χ1) is 29.1. The van der Waals surface area contributed by atoms with E-state index >= 15 is 0 Å². The van der Waals surface area contributed by atoms with E-state index in [0.717, 1.165) is 42.8 Å². The van der Waals surface area contributed by atoms with Crippen LogP contribution in [0.15, 0.2) is 117 Å². The number of allylic oxidation sites excluding steroid dienone is 1. The first kappa shape index (κ1) is 49.3. The van der Waals surface area contributed by atoms with Gasteiger partial charge in [-0.1, -0.05) is 61.4 Å². The Bertz CT molecular complexity index is 2400. The van der Waals surface area contributed by atoms with Gasteiger partial charge >= 0.3 is 4.71 Å². The summed E-state index contributed by atoms with van der Waals surface area (Å²) >= 11 is 12.8. The summed E-state index contributed by atoms with van der Waals surface area (Å²) < 4.78 is 79.6. The molecule has 0 saturated heterocycles. The molecule has 10 nitrogen and oxygen atoms in total. The summed E-state index contributed by atoms with van der Waals surface area (Å²) in [6.07, 6.45) is 3.59. The number of alkyl halides is 3. The number of rotatable bonds is 21. The summed E-state index contributed by atoms with van der Waals surface area (Å²) in [7, 11) is -8.43. The van der Waals surface area contributed by atoms with E-state index in [1.807, 2.05) is 68.1 Å². The molecule has 0 fully saturated rings. The molecule has 4 N–H and O–H groups in total. The quantitative estimate of drug-likeness (QED) is 0.0363. The number of sulfone groups is 1. The lowest BCUT2D eigenvalue weighted by Crippen LogP contribution is -2.34. The van der Waals surface area contributed by atoms with Gasteiger partial charge in [-0.15, -0.1) is 11.8 Å². The lowest BCUT2D eigenvalue weighted by Gasteiger charge is -2.34. The zero-order valence-electron chi connectivity index (χ0n) is 35.5. The molecule has 0 bridgehead atoms. The molecule has 1 aliphatic carbocycles. The molecule has 5 rings (SSSR count). The van der Waals surface area contributed by atoms with Gasteiger partial charge in [0.1, 0.15) is 0 Å². The summed E-state index contributed by atoms with van der Waals surface area (Å²) in [5.41, 5.74) is 4.58. The Labute approximate surface area is 379 Å². The number of anilines is 2. The van der Waals surface area contributed by atoms with E-state index in [1.165, 1.54) is 40.6 Å². The van der Waals surface area contributed by atoms with Crippen LogP contribution in [0.5, 0.6) is 0 Å². The van der Waals surface area contributed by atoms with Gasteiger partial charge in [0.2, 0.25) is 0 Å². The molecule has 0 saturated carbocycles. The standard InChI is InChI=1S/C45H55Cl2F2N5O5S3/c1-31(2)54(5)26-22-37(30-60-38-9-7-6-8-10-38)52-41-20-19-39(27-42(41)61(56,57)45(47,48)49)62(58,59)53-43(55)33-13-17-36(18-14-33)51-25-24-50-29-34-21-23-44(3,4)28-40(34)32-11-15-35(46)16-12-32/h6-20,27,31,37,50-52H,21-26,28-30H2,1-5H3,(H,53,55)/t37-/m1/s1. The number of hydrogen-bond acceptors (Lipinski definition) is 10. The minimum atomic E-state index is -5.61. The number of hydrogen-bond donors (Lipinski definition) is 4. The van der Waals surface area contributed by atoms with Crippen LogP contribution in [0.4, 0.5) is 20.2 Å². The first-order valence-electron chi connectivity index (χ1n) is 20.3. The Morgan fingerprint density at radius 1 is 0.935 bits per heavy atom. The summed E-state index contributed by atoms with van der Waals surface area (Å²) in [4.78, 5) is 14.5. The van der Waals surface area contributed by atoms with Crippen molar-refractivity contribution in [2.75, 3.05) is 49.6 Å². The van der Waals surface area contributed by atoms with Gasteiger partial charge in [0.05, 0.1) is 15.5 Å². The number of halogens is 4. The molecule has 4 aromatic rings. The Kier molecular flexibility index (Phi) is 17.0. The van der Waals surface area contributed by atoms with Crippen LogP contribution in [-0.2, 0) is 19.9 Å². The van der Waals surface area contributed by atoms with Crippen LogP contribution in [0.25, 0.3) is 5.57 Å². The summed E-state index contributed by atoms with van der Waals surface area (Å²) in [5.74, 6) is -0.571. The number of benzene rings is 4. The van der Waals surface area contributed by atoms with Crippen molar-refractivity contribution in [2.45, 2.75) is 84.9 Å². The maximum Gasteiger partial charge on any atom is 0.427 e. The maximum atomic E-state index is 14.5. The van der Waals surface area contributed by atoms with Crippen LogP contribution in [0.3, 0.4) is 0 Å². The summed E-state index contributed by atoms with van der Waals surface area (Å²) in [6.45, 7) is 11.2. The molecule has 0 spiro atoms. The molecule has 1 atom stereocenters. The van der Waals surface area contributed by atoms with Gasteiger partial charge in [-0.3, -0.25) is 4.79 Å². The molecule has 0 aliphatic heterocycles. The van der Waals surface area contributed by atoms with Gasteiger partial charge in [-0.25, -0.2) is 21.6 Å². The molecule has 0 heterocycles. The summed E-state index contributed by atoms with van der Waals surface area (Å²) in [5, 5.41) is 10.6. The Hall–Kier alpha value is -3.70. The van der Waals surface area contributed by atoms with Crippen molar-refractivity contribution < 1.29 is 30.4 Å². The van der Waals surface area contributed by atoms with Crippen molar-refractivity contribution >= 4 is 77.7 Å². The molecule has 62 heavy (non-hydrogen) atoms. The Balaban J connectivity index is 1.24. The molecule has 0 unspecified atom stereocenters. The van der Waals surface area contributed by atoms with E-state index in [-0.39, 0.29) is 22.7 Å². The molecular formula is C45H55Cl2F2N5O5S3. The Morgan fingerprint density at radius 3 is 2.26 bits per heavy atom. The number of carbonyl (C=O) groups excluding carboxylic acids is 1. The summed E-state index contributed by atoms with van der Waals surface area (Å²) in [6, 6.07) is 26.1. The average molecular weight is 951 g/mol. The van der Waals surface area contributed by atoms with Gasteiger partial charge in [-0.05, 0) is 141 Å². The molecule has 17 heteroatoms. The van der Waals surface area contributed by atoms with E-state index in [4.69, 9.17) is 23.2 Å². The van der Waals surface area contributed by atoms with Crippen LogP contribution in [0, 0.1) is 5.41 Å². The predicted molar refractivity (Wildman–Crippen MR) is 250 cm³/mol. The van der Waals surface area contributed by atoms with Gasteiger partial charge in [-0.2, -0.15) is 8.78 Å². The van der Waals surface area contributed by atoms with E-state index < -0.39 is 46.3 Å². The third-order valence-corrected chi connectivity index (χ3v) is 15.7. The second kappa shape index (κ2) is 21.3. The molecular weight excluding hydrogens is 896 g/mol. The normalized spacial score (nSPS) is 15.1. The molecule has 0 aromatic heterocycles. The molecule has 1 aliphatic rings. The fourth-order valence-electron chi connectivity index (χ4n) is 6.88.